The van der Waals surface area contributed by atoms with Crippen molar-refractivity contribution in [3.8, 4) is 0 Å². The SMILES string of the molecule is CC(O)(c1cccc(C(=O)O)c1)C1CCNC1. The fraction of sp³-hybridized carbons (Fsp3) is 0.462. The van der Waals surface area contributed by atoms with Gasteiger partial charge in [0.1, 0.15) is 0 Å². The molecule has 1 aromatic rings. The van der Waals surface area contributed by atoms with Crippen LogP contribution in [0.2, 0.25) is 0 Å². The van der Waals surface area contributed by atoms with Crippen molar-refractivity contribution in [3.63, 3.8) is 0 Å². The molecule has 0 bridgehead atoms. The normalized spacial score (nSPS) is 23.3. The summed E-state index contributed by atoms with van der Waals surface area (Å²) in [4.78, 5) is 10.9. The fourth-order valence-corrected chi connectivity index (χ4v) is 2.34. The summed E-state index contributed by atoms with van der Waals surface area (Å²) in [6, 6.07) is 6.55. The molecule has 2 rings (SSSR count). The van der Waals surface area contributed by atoms with Crippen LogP contribution in [0.15, 0.2) is 24.3 Å². The summed E-state index contributed by atoms with van der Waals surface area (Å²) in [6.07, 6.45) is 0.907. The Bertz CT molecular complexity index is 422. The zero-order valence-electron chi connectivity index (χ0n) is 9.81. The minimum Gasteiger partial charge on any atom is -0.478 e. The summed E-state index contributed by atoms with van der Waals surface area (Å²) in [5, 5.41) is 22.7. The van der Waals surface area contributed by atoms with Gasteiger partial charge in [0.2, 0.25) is 0 Å². The second-order valence-corrected chi connectivity index (χ2v) is 4.72. The largest absolute Gasteiger partial charge is 0.478 e. The van der Waals surface area contributed by atoms with Crippen LogP contribution in [0.1, 0.15) is 29.3 Å². The molecule has 0 spiro atoms. The molecule has 1 aliphatic rings. The van der Waals surface area contributed by atoms with Crippen LogP contribution < -0.4 is 5.32 Å². The zero-order valence-corrected chi connectivity index (χ0v) is 9.81. The van der Waals surface area contributed by atoms with Gasteiger partial charge in [-0.1, -0.05) is 12.1 Å². The van der Waals surface area contributed by atoms with Crippen LogP contribution in [0.4, 0.5) is 0 Å². The van der Waals surface area contributed by atoms with E-state index in [1.165, 1.54) is 6.07 Å². The highest BCUT2D eigenvalue weighted by molar-refractivity contribution is 5.87. The zero-order chi connectivity index (χ0) is 12.5. The number of aromatic carboxylic acids is 1. The standard InChI is InChI=1S/C13H17NO3/c1-13(17,11-5-6-14-8-11)10-4-2-3-9(7-10)12(15)16/h2-4,7,11,14,17H,5-6,8H2,1H3,(H,15,16). The molecule has 1 fully saturated rings. The molecule has 17 heavy (non-hydrogen) atoms. The highest BCUT2D eigenvalue weighted by Gasteiger charge is 2.35. The first-order valence-corrected chi connectivity index (χ1v) is 5.78. The van der Waals surface area contributed by atoms with Crippen LogP contribution in [0, 0.1) is 5.92 Å². The fourth-order valence-electron chi connectivity index (χ4n) is 2.34. The molecule has 0 radical (unpaired) electrons. The Hall–Kier alpha value is -1.39. The molecule has 2 atom stereocenters. The van der Waals surface area contributed by atoms with Crippen LogP contribution in [0.3, 0.4) is 0 Å². The number of benzene rings is 1. The lowest BCUT2D eigenvalue weighted by atomic mass is 9.82. The summed E-state index contributed by atoms with van der Waals surface area (Å²) in [5.74, 6) is -0.834. The number of nitrogens with one attached hydrogen (secondary N) is 1. The van der Waals surface area contributed by atoms with Gasteiger partial charge in [-0.3, -0.25) is 0 Å². The number of carboxylic acid groups (broad SMARTS) is 1. The maximum atomic E-state index is 10.9. The lowest BCUT2D eigenvalue weighted by Gasteiger charge is -2.30. The van der Waals surface area contributed by atoms with Crippen molar-refractivity contribution in [3.05, 3.63) is 35.4 Å². The Morgan fingerprint density at radius 2 is 2.29 bits per heavy atom. The second kappa shape index (κ2) is 4.47. The third kappa shape index (κ3) is 2.33. The lowest BCUT2D eigenvalue weighted by molar-refractivity contribution is 0.00211. The minimum atomic E-state index is -0.977. The van der Waals surface area contributed by atoms with E-state index in [9.17, 15) is 9.90 Å². The van der Waals surface area contributed by atoms with Gasteiger partial charge < -0.3 is 15.5 Å². The third-order valence-electron chi connectivity index (χ3n) is 3.55. The highest BCUT2D eigenvalue weighted by Crippen LogP contribution is 2.33. The maximum Gasteiger partial charge on any atom is 0.335 e. The van der Waals surface area contributed by atoms with E-state index in [1.54, 1.807) is 25.1 Å². The van der Waals surface area contributed by atoms with E-state index in [0.29, 0.717) is 5.56 Å². The van der Waals surface area contributed by atoms with Crippen molar-refractivity contribution in [1.82, 2.24) is 5.32 Å². The van der Waals surface area contributed by atoms with E-state index in [2.05, 4.69) is 5.32 Å². The first-order chi connectivity index (χ1) is 8.01. The molecule has 4 heteroatoms. The molecular formula is C13H17NO3. The predicted molar refractivity (Wildman–Crippen MR) is 63.9 cm³/mol. The van der Waals surface area contributed by atoms with E-state index < -0.39 is 11.6 Å². The van der Waals surface area contributed by atoms with Crippen molar-refractivity contribution in [2.24, 2.45) is 5.92 Å². The van der Waals surface area contributed by atoms with Gasteiger partial charge in [0.15, 0.2) is 0 Å². The average Bonchev–Trinajstić information content (AvgIpc) is 2.83. The third-order valence-corrected chi connectivity index (χ3v) is 3.55. The molecular weight excluding hydrogens is 218 g/mol. The van der Waals surface area contributed by atoms with Crippen LogP contribution in [0.25, 0.3) is 0 Å². The van der Waals surface area contributed by atoms with Crippen LogP contribution in [0.5, 0.6) is 0 Å². The molecule has 1 saturated heterocycles. The van der Waals surface area contributed by atoms with E-state index in [1.807, 2.05) is 0 Å². The van der Waals surface area contributed by atoms with Crippen molar-refractivity contribution in [1.29, 1.82) is 0 Å². The van der Waals surface area contributed by atoms with Gasteiger partial charge in [-0.05, 0) is 37.6 Å². The Kier molecular flexibility index (Phi) is 3.17. The van der Waals surface area contributed by atoms with E-state index in [-0.39, 0.29) is 11.5 Å². The molecule has 2 unspecified atom stereocenters. The van der Waals surface area contributed by atoms with Gasteiger partial charge >= 0.3 is 5.97 Å². The van der Waals surface area contributed by atoms with Crippen LogP contribution in [-0.2, 0) is 5.60 Å². The maximum absolute atomic E-state index is 10.9. The number of rotatable bonds is 3. The Labute approximate surface area is 100 Å². The summed E-state index contributed by atoms with van der Waals surface area (Å²) < 4.78 is 0. The van der Waals surface area contributed by atoms with Gasteiger partial charge in [0.25, 0.3) is 0 Å². The molecule has 92 valence electrons. The highest BCUT2D eigenvalue weighted by atomic mass is 16.4. The quantitative estimate of drug-likeness (QED) is 0.736. The molecule has 0 aliphatic carbocycles. The first kappa shape index (κ1) is 12.1. The average molecular weight is 235 g/mol. The molecule has 3 N–H and O–H groups in total. The number of hydrogen-bond acceptors (Lipinski definition) is 3. The van der Waals surface area contributed by atoms with Crippen LogP contribution >= 0.6 is 0 Å². The van der Waals surface area contributed by atoms with Crippen molar-refractivity contribution >= 4 is 5.97 Å². The predicted octanol–water partition coefficient (Wildman–Crippen LogP) is 1.20. The van der Waals surface area contributed by atoms with Crippen molar-refractivity contribution < 1.29 is 15.0 Å². The number of aliphatic hydroxyl groups is 1. The van der Waals surface area contributed by atoms with Crippen molar-refractivity contribution in [2.45, 2.75) is 18.9 Å². The molecule has 1 heterocycles. The molecule has 0 saturated carbocycles. The molecule has 1 aromatic carbocycles. The Balaban J connectivity index is 2.31. The number of hydrogen-bond donors (Lipinski definition) is 3. The summed E-state index contributed by atoms with van der Waals surface area (Å²) in [5.41, 5.74) is -0.0885. The van der Waals surface area contributed by atoms with E-state index >= 15 is 0 Å². The van der Waals surface area contributed by atoms with Crippen LogP contribution in [-0.4, -0.2) is 29.3 Å². The van der Waals surface area contributed by atoms with E-state index in [0.717, 1.165) is 19.5 Å². The van der Waals surface area contributed by atoms with Crippen molar-refractivity contribution in [2.75, 3.05) is 13.1 Å². The molecule has 0 aromatic heterocycles. The molecule has 4 nitrogen and oxygen atoms in total. The monoisotopic (exact) mass is 235 g/mol. The second-order valence-electron chi connectivity index (χ2n) is 4.72. The lowest BCUT2D eigenvalue weighted by Crippen LogP contribution is -2.33. The Morgan fingerprint density at radius 3 is 2.88 bits per heavy atom. The van der Waals surface area contributed by atoms with Gasteiger partial charge in [-0.15, -0.1) is 0 Å². The summed E-state index contributed by atoms with van der Waals surface area (Å²) in [6.45, 7) is 3.43. The summed E-state index contributed by atoms with van der Waals surface area (Å²) >= 11 is 0. The first-order valence-electron chi connectivity index (χ1n) is 5.78. The topological polar surface area (TPSA) is 69.6 Å². The van der Waals surface area contributed by atoms with E-state index in [4.69, 9.17) is 5.11 Å². The molecule has 1 aliphatic heterocycles. The Morgan fingerprint density at radius 1 is 1.53 bits per heavy atom. The minimum absolute atomic E-state index is 0.131. The van der Waals surface area contributed by atoms with Gasteiger partial charge in [0, 0.05) is 12.5 Å². The van der Waals surface area contributed by atoms with Gasteiger partial charge in [-0.2, -0.15) is 0 Å². The van der Waals surface area contributed by atoms with Gasteiger partial charge in [-0.25, -0.2) is 4.79 Å². The smallest absolute Gasteiger partial charge is 0.335 e. The molecule has 0 amide bonds. The summed E-state index contributed by atoms with van der Waals surface area (Å²) in [7, 11) is 0. The number of carboxylic acids is 1. The van der Waals surface area contributed by atoms with Gasteiger partial charge in [0.05, 0.1) is 11.2 Å². The number of carbonyl (C=O) groups is 1.